The lowest BCUT2D eigenvalue weighted by atomic mass is 10.1. The van der Waals surface area contributed by atoms with Gasteiger partial charge in [-0.05, 0) is 49.2 Å². The molecule has 1 aliphatic heterocycles. The van der Waals surface area contributed by atoms with Crippen molar-refractivity contribution in [3.05, 3.63) is 72.8 Å². The number of nitrogens with zero attached hydrogens (tertiary/aromatic N) is 4. The Morgan fingerprint density at radius 3 is 2.79 bits per heavy atom. The van der Waals surface area contributed by atoms with Crippen LogP contribution >= 0.6 is 0 Å². The van der Waals surface area contributed by atoms with E-state index in [1.54, 1.807) is 6.20 Å². The van der Waals surface area contributed by atoms with E-state index < -0.39 is 0 Å². The molecule has 0 N–H and O–H groups in total. The zero-order valence-corrected chi connectivity index (χ0v) is 13.5. The number of aromatic nitrogens is 3. The van der Waals surface area contributed by atoms with Crippen molar-refractivity contribution in [1.82, 2.24) is 19.2 Å². The highest BCUT2D eigenvalue weighted by atomic mass is 16.2. The third-order valence-corrected chi connectivity index (χ3v) is 4.59. The topological polar surface area (TPSA) is 43.1 Å². The maximum Gasteiger partial charge on any atom is 0.254 e. The van der Waals surface area contributed by atoms with Crippen LogP contribution in [0.3, 0.4) is 0 Å². The summed E-state index contributed by atoms with van der Waals surface area (Å²) in [5.74, 6) is 0.110. The minimum Gasteiger partial charge on any atom is -0.334 e. The fourth-order valence-electron chi connectivity index (χ4n) is 3.39. The summed E-state index contributed by atoms with van der Waals surface area (Å²) in [5, 5.41) is 4.27. The molecule has 1 aliphatic rings. The third-order valence-electron chi connectivity index (χ3n) is 4.59. The Morgan fingerprint density at radius 2 is 2.00 bits per heavy atom. The molecule has 3 aromatic rings. The second kappa shape index (κ2) is 6.35. The highest BCUT2D eigenvalue weighted by Crippen LogP contribution is 2.22. The fraction of sp³-hybridized carbons (Fsp3) is 0.263. The Morgan fingerprint density at radius 1 is 1.12 bits per heavy atom. The number of likely N-dealkylation sites (tertiary alicyclic amines) is 1. The zero-order valence-electron chi connectivity index (χ0n) is 13.5. The lowest BCUT2D eigenvalue weighted by Crippen LogP contribution is -2.38. The van der Waals surface area contributed by atoms with Crippen LogP contribution in [0.25, 0.3) is 5.69 Å². The van der Waals surface area contributed by atoms with E-state index in [-0.39, 0.29) is 11.9 Å². The summed E-state index contributed by atoms with van der Waals surface area (Å²) in [4.78, 5) is 15.0. The normalized spacial score (nSPS) is 17.3. The second-order valence-corrected chi connectivity index (χ2v) is 6.16. The van der Waals surface area contributed by atoms with Gasteiger partial charge < -0.3 is 9.47 Å². The number of hydrogen-bond donors (Lipinski definition) is 0. The van der Waals surface area contributed by atoms with Crippen molar-refractivity contribution in [1.29, 1.82) is 0 Å². The molecule has 0 spiro atoms. The van der Waals surface area contributed by atoms with Gasteiger partial charge in [0.25, 0.3) is 5.91 Å². The summed E-state index contributed by atoms with van der Waals surface area (Å²) >= 11 is 0. The number of benzene rings is 1. The smallest absolute Gasteiger partial charge is 0.254 e. The molecule has 1 aromatic carbocycles. The molecular formula is C19H20N4O. The first kappa shape index (κ1) is 14.8. The molecule has 0 saturated carbocycles. The molecule has 0 radical (unpaired) electrons. The van der Waals surface area contributed by atoms with Crippen LogP contribution in [0.5, 0.6) is 0 Å². The first-order valence-corrected chi connectivity index (χ1v) is 8.33. The van der Waals surface area contributed by atoms with Gasteiger partial charge in [0.15, 0.2) is 0 Å². The predicted octanol–water partition coefficient (Wildman–Crippen LogP) is 2.98. The summed E-state index contributed by atoms with van der Waals surface area (Å²) in [5.41, 5.74) is 1.75. The third kappa shape index (κ3) is 2.85. The highest BCUT2D eigenvalue weighted by Gasteiger charge is 2.29. The maximum atomic E-state index is 13.0. The van der Waals surface area contributed by atoms with Crippen LogP contribution in [-0.2, 0) is 6.54 Å². The number of amides is 1. The molecule has 2 aromatic heterocycles. The molecule has 0 bridgehead atoms. The van der Waals surface area contributed by atoms with E-state index in [1.807, 2.05) is 75.2 Å². The van der Waals surface area contributed by atoms with E-state index >= 15 is 0 Å². The van der Waals surface area contributed by atoms with Gasteiger partial charge >= 0.3 is 0 Å². The number of carbonyl (C=O) groups excluding carboxylic acids is 1. The van der Waals surface area contributed by atoms with Gasteiger partial charge in [-0.1, -0.05) is 6.07 Å². The second-order valence-electron chi connectivity index (χ2n) is 6.16. The molecule has 0 unspecified atom stereocenters. The van der Waals surface area contributed by atoms with E-state index in [1.165, 1.54) is 0 Å². The van der Waals surface area contributed by atoms with Gasteiger partial charge in [0.2, 0.25) is 0 Å². The molecule has 5 heteroatoms. The van der Waals surface area contributed by atoms with E-state index in [2.05, 4.69) is 5.10 Å². The quantitative estimate of drug-likeness (QED) is 0.742. The standard InChI is InChI=1S/C19H20N4O/c24-19(16-6-3-7-17(14-16)21-10-1-2-11-21)23-13-4-8-18(23)15-22-12-5-9-20-22/h1-3,5-7,9-12,14,18H,4,8,13,15H2/t18-/m0/s1. The first-order chi connectivity index (χ1) is 11.8. The first-order valence-electron chi connectivity index (χ1n) is 8.33. The number of carbonyl (C=O) groups is 1. The van der Waals surface area contributed by atoms with Crippen LogP contribution in [0.15, 0.2) is 67.3 Å². The Labute approximate surface area is 141 Å². The molecule has 24 heavy (non-hydrogen) atoms. The molecule has 4 rings (SSSR count). The van der Waals surface area contributed by atoms with Crippen LogP contribution in [0.4, 0.5) is 0 Å². The van der Waals surface area contributed by atoms with Crippen molar-refractivity contribution in [2.24, 2.45) is 0 Å². The number of rotatable bonds is 4. The van der Waals surface area contributed by atoms with Crippen LogP contribution in [0.2, 0.25) is 0 Å². The molecule has 1 saturated heterocycles. The van der Waals surface area contributed by atoms with Crippen LogP contribution < -0.4 is 0 Å². The van der Waals surface area contributed by atoms with Gasteiger partial charge in [-0.15, -0.1) is 0 Å². The lowest BCUT2D eigenvalue weighted by Gasteiger charge is -2.25. The van der Waals surface area contributed by atoms with E-state index in [9.17, 15) is 4.79 Å². The summed E-state index contributed by atoms with van der Waals surface area (Å²) in [6.45, 7) is 1.58. The molecule has 0 aliphatic carbocycles. The summed E-state index contributed by atoms with van der Waals surface area (Å²) in [6, 6.07) is 13.9. The molecule has 3 heterocycles. The molecule has 122 valence electrons. The monoisotopic (exact) mass is 320 g/mol. The Bertz CT molecular complexity index is 808. The van der Waals surface area contributed by atoms with Crippen molar-refractivity contribution < 1.29 is 4.79 Å². The Balaban J connectivity index is 1.55. The highest BCUT2D eigenvalue weighted by molar-refractivity contribution is 5.95. The fourth-order valence-corrected chi connectivity index (χ4v) is 3.39. The predicted molar refractivity (Wildman–Crippen MR) is 92.1 cm³/mol. The summed E-state index contributed by atoms with van der Waals surface area (Å²) in [7, 11) is 0. The van der Waals surface area contributed by atoms with Crippen molar-refractivity contribution in [3.8, 4) is 5.69 Å². The van der Waals surface area contributed by atoms with Crippen LogP contribution in [-0.4, -0.2) is 37.7 Å². The molecule has 5 nitrogen and oxygen atoms in total. The summed E-state index contributed by atoms with van der Waals surface area (Å²) in [6.07, 6.45) is 9.78. The van der Waals surface area contributed by atoms with Crippen molar-refractivity contribution in [2.75, 3.05) is 6.54 Å². The Hall–Kier alpha value is -2.82. The van der Waals surface area contributed by atoms with E-state index in [0.717, 1.165) is 37.2 Å². The molecule has 1 atom stereocenters. The van der Waals surface area contributed by atoms with E-state index in [0.29, 0.717) is 0 Å². The average Bonchev–Trinajstić information content (AvgIpc) is 3.37. The molecular weight excluding hydrogens is 300 g/mol. The van der Waals surface area contributed by atoms with E-state index in [4.69, 9.17) is 0 Å². The van der Waals surface area contributed by atoms with Crippen molar-refractivity contribution in [2.45, 2.75) is 25.4 Å². The minimum atomic E-state index is 0.110. The van der Waals surface area contributed by atoms with Gasteiger partial charge in [-0.3, -0.25) is 9.48 Å². The van der Waals surface area contributed by atoms with Gasteiger partial charge in [0.1, 0.15) is 0 Å². The van der Waals surface area contributed by atoms with Gasteiger partial charge in [0, 0.05) is 42.6 Å². The van der Waals surface area contributed by atoms with Gasteiger partial charge in [-0.25, -0.2) is 0 Å². The van der Waals surface area contributed by atoms with Gasteiger partial charge in [-0.2, -0.15) is 5.10 Å². The molecule has 1 fully saturated rings. The van der Waals surface area contributed by atoms with Gasteiger partial charge in [0.05, 0.1) is 12.6 Å². The maximum absolute atomic E-state index is 13.0. The largest absolute Gasteiger partial charge is 0.334 e. The van der Waals surface area contributed by atoms with Crippen molar-refractivity contribution in [3.63, 3.8) is 0 Å². The van der Waals surface area contributed by atoms with Crippen LogP contribution in [0.1, 0.15) is 23.2 Å². The minimum absolute atomic E-state index is 0.110. The van der Waals surface area contributed by atoms with Crippen LogP contribution in [0, 0.1) is 0 Å². The SMILES string of the molecule is O=C(c1cccc(-n2cccc2)c1)N1CCC[C@H]1Cn1cccn1. The summed E-state index contributed by atoms with van der Waals surface area (Å²) < 4.78 is 3.93. The molecule has 1 amide bonds. The Kier molecular flexibility index (Phi) is 3.91. The number of hydrogen-bond acceptors (Lipinski definition) is 2. The lowest BCUT2D eigenvalue weighted by molar-refractivity contribution is 0.0721. The zero-order chi connectivity index (χ0) is 16.4. The average molecular weight is 320 g/mol. The van der Waals surface area contributed by atoms with Crippen molar-refractivity contribution >= 4 is 5.91 Å².